The molecule has 250 valence electrons. The first kappa shape index (κ1) is 41.0. The van der Waals surface area contributed by atoms with E-state index in [1.807, 2.05) is 12.2 Å². The third kappa shape index (κ3) is 26.1. The van der Waals surface area contributed by atoms with Crippen LogP contribution in [0.4, 0.5) is 0 Å². The molecule has 0 radical (unpaired) electrons. The number of esters is 2. The lowest BCUT2D eigenvalue weighted by Gasteiger charge is -2.20. The highest BCUT2D eigenvalue weighted by molar-refractivity contribution is 5.94. The molecule has 10 heteroatoms. The van der Waals surface area contributed by atoms with Gasteiger partial charge in [0.2, 0.25) is 11.8 Å². The molecule has 0 fully saturated rings. The monoisotopic (exact) mass is 628 g/mol. The quantitative estimate of drug-likeness (QED) is 0.0501. The predicted octanol–water partition coefficient (Wildman–Crippen LogP) is 4.47. The predicted molar refractivity (Wildman–Crippen MR) is 177 cm³/mol. The first-order chi connectivity index (χ1) is 21.9. The highest BCUT2D eigenvalue weighted by Gasteiger charge is 2.24. The van der Waals surface area contributed by atoms with Crippen molar-refractivity contribution in [1.29, 1.82) is 0 Å². The molecule has 0 saturated carbocycles. The molecule has 0 aliphatic carbocycles. The highest BCUT2D eigenvalue weighted by Crippen LogP contribution is 2.05. The molecule has 45 heavy (non-hydrogen) atoms. The first-order valence-corrected chi connectivity index (χ1v) is 15.5. The van der Waals surface area contributed by atoms with Gasteiger partial charge in [0.1, 0.15) is 12.1 Å². The van der Waals surface area contributed by atoms with Crippen molar-refractivity contribution in [1.82, 2.24) is 10.6 Å². The number of rotatable bonds is 25. The van der Waals surface area contributed by atoms with Gasteiger partial charge in [0.05, 0.1) is 20.3 Å². The average molecular weight is 629 g/mol. The average Bonchev–Trinajstić information content (AvgIpc) is 3.04. The van der Waals surface area contributed by atoms with Crippen LogP contribution < -0.4 is 10.6 Å². The maximum absolute atomic E-state index is 12.6. The lowest BCUT2D eigenvalue weighted by molar-refractivity contribution is -0.157. The van der Waals surface area contributed by atoms with Crippen LogP contribution in [0.5, 0.6) is 0 Å². The van der Waals surface area contributed by atoms with Crippen LogP contribution in [0, 0.1) is 0 Å². The Labute approximate surface area is 268 Å². The van der Waals surface area contributed by atoms with Gasteiger partial charge >= 0.3 is 11.9 Å². The van der Waals surface area contributed by atoms with Crippen LogP contribution in [0.2, 0.25) is 0 Å². The molecule has 0 saturated heterocycles. The van der Waals surface area contributed by atoms with E-state index in [9.17, 15) is 29.4 Å². The van der Waals surface area contributed by atoms with Crippen LogP contribution >= 0.6 is 0 Å². The van der Waals surface area contributed by atoms with Gasteiger partial charge in [-0.05, 0) is 57.8 Å². The zero-order valence-electron chi connectivity index (χ0n) is 26.8. The smallest absolute Gasteiger partial charge is 0.330 e. The Hall–Kier alpha value is -4.02. The van der Waals surface area contributed by atoms with Gasteiger partial charge in [0.15, 0.2) is 0 Å². The van der Waals surface area contributed by atoms with E-state index in [2.05, 4.69) is 83.1 Å². The number of allylic oxidation sites excluding steroid dienone is 12. The van der Waals surface area contributed by atoms with Gasteiger partial charge in [-0.25, -0.2) is 9.59 Å². The Kier molecular flexibility index (Phi) is 27.3. The van der Waals surface area contributed by atoms with Crippen LogP contribution in [-0.2, 0) is 28.7 Å². The Morgan fingerprint density at radius 2 is 1.24 bits per heavy atom. The summed E-state index contributed by atoms with van der Waals surface area (Å²) in [5.74, 6) is -2.32. The van der Waals surface area contributed by atoms with Gasteiger partial charge in [-0.1, -0.05) is 79.8 Å². The molecule has 0 aromatic carbocycles. The molecule has 0 aromatic heterocycles. The second kappa shape index (κ2) is 30.0. The molecule has 0 spiro atoms. The Morgan fingerprint density at radius 3 is 1.73 bits per heavy atom. The molecule has 0 heterocycles. The molecule has 1 atom stereocenters. The van der Waals surface area contributed by atoms with Crippen molar-refractivity contribution < 1.29 is 38.9 Å². The third-order valence-corrected chi connectivity index (χ3v) is 5.99. The number of carbonyl (C=O) groups excluding carboxylic acids is 4. The fraction of sp³-hybridized carbons (Fsp3) is 0.486. The first-order valence-electron chi connectivity index (χ1n) is 15.5. The van der Waals surface area contributed by atoms with Crippen LogP contribution in [0.15, 0.2) is 85.1 Å². The number of nitrogens with one attached hydrogen (secondary N) is 2. The van der Waals surface area contributed by atoms with E-state index in [0.717, 1.165) is 50.7 Å². The van der Waals surface area contributed by atoms with Gasteiger partial charge in [0.25, 0.3) is 0 Å². The fourth-order valence-corrected chi connectivity index (χ4v) is 3.54. The lowest BCUT2D eigenvalue weighted by atomic mass is 10.1. The van der Waals surface area contributed by atoms with Crippen LogP contribution in [-0.4, -0.2) is 73.0 Å². The van der Waals surface area contributed by atoms with Crippen LogP contribution in [0.25, 0.3) is 0 Å². The summed E-state index contributed by atoms with van der Waals surface area (Å²) in [5, 5.41) is 23.6. The minimum absolute atomic E-state index is 0.148. The van der Waals surface area contributed by atoms with Gasteiger partial charge in [0, 0.05) is 25.1 Å². The van der Waals surface area contributed by atoms with E-state index in [0.29, 0.717) is 12.8 Å². The second-order valence-corrected chi connectivity index (χ2v) is 9.79. The summed E-state index contributed by atoms with van der Waals surface area (Å²) in [6.45, 7) is 1.18. The molecular formula is C35H52N2O8. The molecule has 0 aliphatic heterocycles. The Bertz CT molecular complexity index is 1040. The van der Waals surface area contributed by atoms with E-state index >= 15 is 0 Å². The largest absolute Gasteiger partial charge is 0.466 e. The molecule has 4 N–H and O–H groups in total. The highest BCUT2D eigenvalue weighted by atomic mass is 16.6. The van der Waals surface area contributed by atoms with E-state index in [4.69, 9.17) is 4.74 Å². The molecule has 10 nitrogen and oxygen atoms in total. The lowest BCUT2D eigenvalue weighted by Crippen LogP contribution is -2.44. The van der Waals surface area contributed by atoms with Crippen molar-refractivity contribution in [3.63, 3.8) is 0 Å². The summed E-state index contributed by atoms with van der Waals surface area (Å²) in [6.07, 6.45) is 32.8. The van der Waals surface area contributed by atoms with Crippen molar-refractivity contribution in [3.05, 3.63) is 85.1 Å². The van der Waals surface area contributed by atoms with E-state index in [1.165, 1.54) is 7.11 Å². The second-order valence-electron chi connectivity index (χ2n) is 9.79. The van der Waals surface area contributed by atoms with Gasteiger partial charge < -0.3 is 30.3 Å². The molecule has 0 aromatic rings. The molecule has 0 unspecified atom stereocenters. The van der Waals surface area contributed by atoms with Gasteiger partial charge in [-0.2, -0.15) is 0 Å². The number of aliphatic hydroxyl groups is 2. The van der Waals surface area contributed by atoms with Gasteiger partial charge in [-0.3, -0.25) is 9.59 Å². The summed E-state index contributed by atoms with van der Waals surface area (Å²) in [4.78, 5) is 47.8. The number of methoxy groups -OCH3 is 1. The number of hydrogen-bond donors (Lipinski definition) is 4. The SMILES string of the molecule is CC/C=C\C/C=C\C/C=C\C/C=C\C/C=C\C/C=C\CCC(=O)N[C@@H](CCCNC(=O)/C=C/C(=O)OC)C(=O)OC(CO)CO. The third-order valence-electron chi connectivity index (χ3n) is 5.99. The van der Waals surface area contributed by atoms with Gasteiger partial charge in [-0.15, -0.1) is 0 Å². The number of ether oxygens (including phenoxy) is 2. The van der Waals surface area contributed by atoms with Crippen LogP contribution in [0.3, 0.4) is 0 Å². The minimum Gasteiger partial charge on any atom is -0.466 e. The molecule has 0 rings (SSSR count). The number of carbonyl (C=O) groups is 4. The molecule has 0 bridgehead atoms. The summed E-state index contributed by atoms with van der Waals surface area (Å²) in [7, 11) is 1.19. The maximum atomic E-state index is 12.6. The number of hydrogen-bond acceptors (Lipinski definition) is 8. The zero-order valence-corrected chi connectivity index (χ0v) is 26.8. The fourth-order valence-electron chi connectivity index (χ4n) is 3.54. The van der Waals surface area contributed by atoms with E-state index in [1.54, 1.807) is 0 Å². The summed E-state index contributed by atoms with van der Waals surface area (Å²) in [5.41, 5.74) is 0. The topological polar surface area (TPSA) is 151 Å². The standard InChI is InChI=1S/C35H52N2O8/c1-3-4-5-6-7-8-9-10-11-12-13-14-15-16-17-18-19-20-21-24-33(41)37-31(35(43)45-30(28-38)29-39)23-22-27-36-32(40)25-26-34(42)44-2/h4-5,7-8,10-11,13-14,16-17,19-20,25-26,30-31,38-39H,3,6,9,12,15,18,21-24,27-29H2,1-2H3,(H,36,40)(H,37,41)/b5-4-,8-7-,11-10-,14-13-,17-16-,20-19-,26-25+/t31-/m0/s1. The van der Waals surface area contributed by atoms with Crippen LogP contribution in [0.1, 0.15) is 71.1 Å². The summed E-state index contributed by atoms with van der Waals surface area (Å²) >= 11 is 0. The van der Waals surface area contributed by atoms with Crippen molar-refractivity contribution in [2.45, 2.75) is 83.3 Å². The van der Waals surface area contributed by atoms with Crippen molar-refractivity contribution in [2.75, 3.05) is 26.9 Å². The van der Waals surface area contributed by atoms with E-state index in [-0.39, 0.29) is 25.3 Å². The normalized spacial score (nSPS) is 13.0. The van der Waals surface area contributed by atoms with Crippen molar-refractivity contribution in [2.24, 2.45) is 0 Å². The Balaban J connectivity index is 4.42. The maximum Gasteiger partial charge on any atom is 0.330 e. The Morgan fingerprint density at radius 1 is 0.733 bits per heavy atom. The molecule has 2 amide bonds. The number of aliphatic hydroxyl groups excluding tert-OH is 2. The summed E-state index contributed by atoms with van der Waals surface area (Å²) in [6, 6.07) is -1.02. The van der Waals surface area contributed by atoms with E-state index < -0.39 is 43.2 Å². The minimum atomic E-state index is -1.10. The zero-order chi connectivity index (χ0) is 33.4. The molecule has 0 aliphatic rings. The summed E-state index contributed by atoms with van der Waals surface area (Å²) < 4.78 is 9.49. The van der Waals surface area contributed by atoms with Crippen molar-refractivity contribution in [3.8, 4) is 0 Å². The van der Waals surface area contributed by atoms with Crippen molar-refractivity contribution >= 4 is 23.8 Å². The molecular weight excluding hydrogens is 576 g/mol. The number of amides is 2.